The average molecular weight is 407 g/mol. The van der Waals surface area contributed by atoms with Gasteiger partial charge in [-0.3, -0.25) is 9.59 Å². The number of carbonyl (C=O) groups is 1. The van der Waals surface area contributed by atoms with E-state index in [1.165, 1.54) is 5.57 Å². The summed E-state index contributed by atoms with van der Waals surface area (Å²) < 4.78 is 7.74. The number of amides is 1. The largest absolute Gasteiger partial charge is 0.370 e. The first kappa shape index (κ1) is 20.6. The van der Waals surface area contributed by atoms with Gasteiger partial charge in [0.1, 0.15) is 5.56 Å². The summed E-state index contributed by atoms with van der Waals surface area (Å²) in [4.78, 5) is 28.5. The van der Waals surface area contributed by atoms with Crippen LogP contribution in [-0.4, -0.2) is 40.7 Å². The highest BCUT2D eigenvalue weighted by Gasteiger charge is 2.37. The fraction of sp³-hybridized carbons (Fsp3) is 0.440. The molecule has 0 aliphatic carbocycles. The first-order valence-corrected chi connectivity index (χ1v) is 10.8. The molecular formula is C25H30N2O3. The molecular weight excluding hydrogens is 376 g/mol. The van der Waals surface area contributed by atoms with Crippen LogP contribution in [0.3, 0.4) is 0 Å². The maximum Gasteiger partial charge on any atom is 0.264 e. The predicted molar refractivity (Wildman–Crippen MR) is 118 cm³/mol. The van der Waals surface area contributed by atoms with Gasteiger partial charge >= 0.3 is 0 Å². The van der Waals surface area contributed by atoms with Gasteiger partial charge in [0.25, 0.3) is 11.5 Å². The molecule has 1 spiro atoms. The summed E-state index contributed by atoms with van der Waals surface area (Å²) in [7, 11) is 0. The van der Waals surface area contributed by atoms with Crippen molar-refractivity contribution in [2.24, 2.45) is 0 Å². The summed E-state index contributed by atoms with van der Waals surface area (Å²) in [6, 6.07) is 11.6. The van der Waals surface area contributed by atoms with E-state index in [4.69, 9.17) is 4.74 Å². The first-order valence-electron chi connectivity index (χ1n) is 10.8. The summed E-state index contributed by atoms with van der Waals surface area (Å²) >= 11 is 0. The third-order valence-electron chi connectivity index (χ3n) is 6.53. The molecule has 2 aliphatic heterocycles. The normalized spacial score (nSPS) is 19.4. The molecule has 2 aromatic rings. The molecule has 0 N–H and O–H groups in total. The Kier molecular flexibility index (Phi) is 5.65. The number of hydrogen-bond donors (Lipinski definition) is 0. The van der Waals surface area contributed by atoms with Crippen molar-refractivity contribution in [3.05, 3.63) is 81.3 Å². The van der Waals surface area contributed by atoms with Gasteiger partial charge in [0.2, 0.25) is 0 Å². The summed E-state index contributed by atoms with van der Waals surface area (Å²) in [5, 5.41) is 0. The van der Waals surface area contributed by atoms with E-state index in [-0.39, 0.29) is 28.7 Å². The fourth-order valence-corrected chi connectivity index (χ4v) is 4.61. The van der Waals surface area contributed by atoms with E-state index >= 15 is 0 Å². The first-order chi connectivity index (χ1) is 14.4. The van der Waals surface area contributed by atoms with Crippen LogP contribution >= 0.6 is 0 Å². The van der Waals surface area contributed by atoms with Crippen molar-refractivity contribution in [3.8, 4) is 0 Å². The number of hydrogen-bond acceptors (Lipinski definition) is 3. The van der Waals surface area contributed by atoms with Crippen LogP contribution < -0.4 is 5.56 Å². The van der Waals surface area contributed by atoms with Gasteiger partial charge in [0.15, 0.2) is 0 Å². The second kappa shape index (κ2) is 8.23. The zero-order valence-electron chi connectivity index (χ0n) is 18.1. The standard InChI is InChI=1S/C25H30N2O3/c1-18-10-16-30-25(17-18)11-14-26(15-12-25)23(28)22-19(2)9-13-27(24(22)29)20(3)21-7-5-4-6-8-21/h4-9,13,17,20H,10-12,14-16H2,1-3H3. The maximum atomic E-state index is 13.3. The van der Waals surface area contributed by atoms with Crippen LogP contribution in [0.15, 0.2) is 59.0 Å². The van der Waals surface area contributed by atoms with Gasteiger partial charge in [-0.1, -0.05) is 42.0 Å². The summed E-state index contributed by atoms with van der Waals surface area (Å²) in [5.74, 6) is -0.168. The minimum atomic E-state index is -0.243. The Morgan fingerprint density at radius 2 is 1.80 bits per heavy atom. The van der Waals surface area contributed by atoms with Crippen LogP contribution in [0.5, 0.6) is 0 Å². The number of likely N-dealkylation sites (tertiary alicyclic amines) is 1. The summed E-state index contributed by atoms with van der Waals surface area (Å²) in [5.41, 5.74) is 2.95. The number of nitrogens with zero attached hydrogens (tertiary/aromatic N) is 2. The molecule has 5 nitrogen and oxygen atoms in total. The lowest BCUT2D eigenvalue weighted by molar-refractivity contribution is -0.0522. The molecule has 158 valence electrons. The molecule has 3 heterocycles. The Balaban J connectivity index is 1.58. The van der Waals surface area contributed by atoms with Gasteiger partial charge in [-0.15, -0.1) is 0 Å². The lowest BCUT2D eigenvalue weighted by Gasteiger charge is -2.42. The molecule has 1 fully saturated rings. The molecule has 1 amide bonds. The Labute approximate surface area is 178 Å². The Bertz CT molecular complexity index is 1010. The van der Waals surface area contributed by atoms with E-state index in [2.05, 4.69) is 13.0 Å². The fourth-order valence-electron chi connectivity index (χ4n) is 4.61. The molecule has 1 aromatic carbocycles. The summed E-state index contributed by atoms with van der Waals surface area (Å²) in [6.45, 7) is 7.92. The van der Waals surface area contributed by atoms with Crippen LogP contribution in [0.2, 0.25) is 0 Å². The lowest BCUT2D eigenvalue weighted by Crippen LogP contribution is -2.49. The van der Waals surface area contributed by atoms with Gasteiger partial charge < -0.3 is 14.2 Å². The minimum Gasteiger partial charge on any atom is -0.370 e. The second-order valence-electron chi connectivity index (χ2n) is 8.62. The Hall–Kier alpha value is -2.66. The highest BCUT2D eigenvalue weighted by molar-refractivity contribution is 5.95. The number of ether oxygens (including phenoxy) is 1. The molecule has 1 saturated heterocycles. The SMILES string of the molecule is CC1=CC2(CCN(C(=O)c3c(C)ccn(C(C)c4ccccc4)c3=O)CC2)OCC1. The van der Waals surface area contributed by atoms with Crippen molar-refractivity contribution >= 4 is 5.91 Å². The number of pyridine rings is 1. The number of aryl methyl sites for hydroxylation is 1. The molecule has 2 aliphatic rings. The van der Waals surface area contributed by atoms with Crippen molar-refractivity contribution in [2.45, 2.75) is 51.7 Å². The molecule has 0 radical (unpaired) electrons. The average Bonchev–Trinajstić information content (AvgIpc) is 2.74. The van der Waals surface area contributed by atoms with E-state index in [9.17, 15) is 9.59 Å². The lowest BCUT2D eigenvalue weighted by atomic mass is 9.86. The van der Waals surface area contributed by atoms with E-state index in [1.807, 2.05) is 55.1 Å². The molecule has 4 rings (SSSR count). The van der Waals surface area contributed by atoms with Crippen molar-refractivity contribution in [1.29, 1.82) is 0 Å². The van der Waals surface area contributed by atoms with Crippen LogP contribution in [0.4, 0.5) is 0 Å². The van der Waals surface area contributed by atoms with Gasteiger partial charge in [0, 0.05) is 19.3 Å². The smallest absolute Gasteiger partial charge is 0.264 e. The van der Waals surface area contributed by atoms with E-state index < -0.39 is 0 Å². The summed E-state index contributed by atoms with van der Waals surface area (Å²) in [6.07, 6.45) is 6.56. The highest BCUT2D eigenvalue weighted by atomic mass is 16.5. The van der Waals surface area contributed by atoms with Crippen molar-refractivity contribution in [3.63, 3.8) is 0 Å². The van der Waals surface area contributed by atoms with E-state index in [0.717, 1.165) is 37.0 Å². The zero-order valence-corrected chi connectivity index (χ0v) is 18.1. The molecule has 0 saturated carbocycles. The van der Waals surface area contributed by atoms with Crippen LogP contribution in [-0.2, 0) is 4.74 Å². The van der Waals surface area contributed by atoms with Gasteiger partial charge in [0.05, 0.1) is 18.2 Å². The number of rotatable bonds is 3. The number of aromatic nitrogens is 1. The van der Waals surface area contributed by atoms with E-state index in [1.54, 1.807) is 10.8 Å². The van der Waals surface area contributed by atoms with Crippen molar-refractivity contribution < 1.29 is 9.53 Å². The van der Waals surface area contributed by atoms with Crippen molar-refractivity contribution in [2.75, 3.05) is 19.7 Å². The van der Waals surface area contributed by atoms with Gasteiger partial charge in [-0.2, -0.15) is 0 Å². The highest BCUT2D eigenvalue weighted by Crippen LogP contribution is 2.33. The van der Waals surface area contributed by atoms with E-state index in [0.29, 0.717) is 13.1 Å². The number of piperidine rings is 1. The molecule has 5 heteroatoms. The predicted octanol–water partition coefficient (Wildman–Crippen LogP) is 4.11. The molecule has 1 unspecified atom stereocenters. The number of carbonyl (C=O) groups excluding carboxylic acids is 1. The Morgan fingerprint density at radius 1 is 1.10 bits per heavy atom. The van der Waals surface area contributed by atoms with Crippen LogP contribution in [0.25, 0.3) is 0 Å². The maximum absolute atomic E-state index is 13.3. The quantitative estimate of drug-likeness (QED) is 0.721. The van der Waals surface area contributed by atoms with Crippen LogP contribution in [0, 0.1) is 6.92 Å². The third kappa shape index (κ3) is 3.86. The molecule has 30 heavy (non-hydrogen) atoms. The van der Waals surface area contributed by atoms with Gasteiger partial charge in [-0.05, 0) is 57.2 Å². The topological polar surface area (TPSA) is 51.5 Å². The zero-order chi connectivity index (χ0) is 21.3. The minimum absolute atomic E-state index is 0.140. The molecule has 0 bridgehead atoms. The van der Waals surface area contributed by atoms with Gasteiger partial charge in [-0.25, -0.2) is 0 Å². The van der Waals surface area contributed by atoms with Crippen molar-refractivity contribution in [1.82, 2.24) is 9.47 Å². The molecule has 1 aromatic heterocycles. The Morgan fingerprint density at radius 3 is 2.47 bits per heavy atom. The van der Waals surface area contributed by atoms with Crippen LogP contribution in [0.1, 0.15) is 60.6 Å². The monoisotopic (exact) mass is 406 g/mol. The number of benzene rings is 1. The third-order valence-corrected chi connectivity index (χ3v) is 6.53. The second-order valence-corrected chi connectivity index (χ2v) is 8.62. The molecule has 1 atom stereocenters.